The molecule has 0 spiro atoms. The molecular formula is C32H34F3N7O3. The van der Waals surface area contributed by atoms with Gasteiger partial charge in [0.25, 0.3) is 0 Å². The van der Waals surface area contributed by atoms with E-state index in [-0.39, 0.29) is 44.1 Å². The molecule has 3 aromatic rings. The fraction of sp³-hybridized carbons (Fsp3) is 0.406. The number of aliphatic hydroxyl groups excluding tert-OH is 1. The maximum Gasteiger partial charge on any atom is 0.248 e. The Kier molecular flexibility index (Phi) is 9.83. The number of nitriles is 1. The number of alkyl halides is 2. The van der Waals surface area contributed by atoms with Crippen LogP contribution >= 0.6 is 0 Å². The van der Waals surface area contributed by atoms with Crippen molar-refractivity contribution in [2.45, 2.75) is 75.7 Å². The highest BCUT2D eigenvalue weighted by atomic mass is 19.3. The fourth-order valence-electron chi connectivity index (χ4n) is 5.75. The first-order chi connectivity index (χ1) is 21.6. The van der Waals surface area contributed by atoms with Gasteiger partial charge in [-0.25, -0.2) is 23.1 Å². The van der Waals surface area contributed by atoms with Crippen molar-refractivity contribution in [1.82, 2.24) is 15.3 Å². The van der Waals surface area contributed by atoms with Gasteiger partial charge >= 0.3 is 0 Å². The largest absolute Gasteiger partial charge is 0.374 e. The highest BCUT2D eigenvalue weighted by Gasteiger charge is 2.38. The molecule has 0 bridgehead atoms. The molecule has 2 aliphatic rings. The highest BCUT2D eigenvalue weighted by Crippen LogP contribution is 2.35. The lowest BCUT2D eigenvalue weighted by Gasteiger charge is -2.35. The van der Waals surface area contributed by atoms with E-state index in [0.29, 0.717) is 24.1 Å². The van der Waals surface area contributed by atoms with Crippen molar-refractivity contribution in [2.75, 3.05) is 16.5 Å². The van der Waals surface area contributed by atoms with Crippen LogP contribution in [0.25, 0.3) is 0 Å². The third-order valence-electron chi connectivity index (χ3n) is 8.14. The molecule has 2 unspecified atom stereocenters. The third-order valence-corrected chi connectivity index (χ3v) is 8.14. The van der Waals surface area contributed by atoms with E-state index in [2.05, 4.69) is 20.4 Å². The second-order valence-electron chi connectivity index (χ2n) is 11.2. The maximum atomic E-state index is 14.5. The molecule has 1 aliphatic carbocycles. The number of benzene rings is 2. The number of hydrogen-bond donors (Lipinski definition) is 2. The van der Waals surface area contributed by atoms with Gasteiger partial charge in [0.2, 0.25) is 17.8 Å². The first kappa shape index (κ1) is 31.7. The predicted molar refractivity (Wildman–Crippen MR) is 161 cm³/mol. The first-order valence-corrected chi connectivity index (χ1v) is 14.8. The molecule has 2 aromatic carbocycles. The van der Waals surface area contributed by atoms with Crippen LogP contribution in [-0.2, 0) is 9.63 Å². The van der Waals surface area contributed by atoms with Crippen LogP contribution in [0, 0.1) is 24.1 Å². The summed E-state index contributed by atoms with van der Waals surface area (Å²) in [5.74, 6) is -3.52. The van der Waals surface area contributed by atoms with Crippen LogP contribution in [0.15, 0.2) is 65.9 Å². The standard InChI is InChI=1S/C32H34F3N7O3/c1-21-5-2-3-8-27(21)29(30(44)39-23-11-14-32(34,35)15-12-23)41(25-7-4-6-22(33)17-25)20-45-38-19-26-9-10-28(43)42(26)31-37-16-13-24(18-36)40-31/h2-8,13,16-17,19,23,26,28-29,43H,9-12,14-15,20H2,1H3,(H,39,44)/b38-19+/t26?,28?,29-/m0/s1. The highest BCUT2D eigenvalue weighted by molar-refractivity contribution is 5.87. The fourth-order valence-corrected chi connectivity index (χ4v) is 5.75. The second-order valence-corrected chi connectivity index (χ2v) is 11.2. The summed E-state index contributed by atoms with van der Waals surface area (Å²) in [6.45, 7) is 1.58. The molecule has 1 saturated heterocycles. The number of nitrogens with zero attached hydrogens (tertiary/aromatic N) is 6. The average molecular weight is 622 g/mol. The molecule has 2 heterocycles. The number of aliphatic hydroxyl groups is 1. The van der Waals surface area contributed by atoms with Gasteiger partial charge in [0.1, 0.15) is 29.9 Å². The van der Waals surface area contributed by atoms with Gasteiger partial charge < -0.3 is 25.1 Å². The lowest BCUT2D eigenvalue weighted by Crippen LogP contribution is -2.47. The number of rotatable bonds is 10. The predicted octanol–water partition coefficient (Wildman–Crippen LogP) is 4.98. The SMILES string of the molecule is Cc1ccccc1[C@@H](C(=O)NC1CCC(F)(F)CC1)N(CO/N=C/C1CCC(O)N1c1nccc(C#N)n1)c1cccc(F)c1. The number of nitrogens with one attached hydrogen (secondary N) is 1. The number of amides is 1. The van der Waals surface area contributed by atoms with Crippen molar-refractivity contribution in [3.8, 4) is 6.07 Å². The van der Waals surface area contributed by atoms with Crippen LogP contribution in [-0.4, -0.2) is 58.2 Å². The summed E-state index contributed by atoms with van der Waals surface area (Å²) in [4.78, 5) is 31.1. The minimum absolute atomic E-state index is 0.144. The summed E-state index contributed by atoms with van der Waals surface area (Å²) in [5.41, 5.74) is 1.93. The molecule has 13 heteroatoms. The van der Waals surface area contributed by atoms with Gasteiger partial charge in [-0.2, -0.15) is 5.26 Å². The Morgan fingerprint density at radius 3 is 2.73 bits per heavy atom. The molecule has 2 N–H and O–H groups in total. The Morgan fingerprint density at radius 2 is 2.00 bits per heavy atom. The van der Waals surface area contributed by atoms with E-state index in [1.165, 1.54) is 41.6 Å². The zero-order chi connectivity index (χ0) is 32.0. The quantitative estimate of drug-likeness (QED) is 0.184. The van der Waals surface area contributed by atoms with Gasteiger partial charge in [-0.15, -0.1) is 0 Å². The Hall–Kier alpha value is -4.70. The Morgan fingerprint density at radius 1 is 1.22 bits per heavy atom. The number of aromatic nitrogens is 2. The van der Waals surface area contributed by atoms with Crippen molar-refractivity contribution >= 4 is 23.8 Å². The summed E-state index contributed by atoms with van der Waals surface area (Å²) in [6.07, 6.45) is 2.61. The van der Waals surface area contributed by atoms with Gasteiger partial charge in [-0.3, -0.25) is 4.79 Å². The molecule has 1 aliphatic heterocycles. The average Bonchev–Trinajstić information content (AvgIpc) is 3.40. The zero-order valence-electron chi connectivity index (χ0n) is 24.7. The van der Waals surface area contributed by atoms with Crippen molar-refractivity contribution in [3.05, 3.63) is 83.4 Å². The number of carbonyl (C=O) groups is 1. The molecule has 2 fully saturated rings. The van der Waals surface area contributed by atoms with Crippen LogP contribution in [0.5, 0.6) is 0 Å². The Bertz CT molecular complexity index is 1560. The lowest BCUT2D eigenvalue weighted by atomic mass is 9.91. The van der Waals surface area contributed by atoms with Gasteiger partial charge in [0, 0.05) is 30.8 Å². The summed E-state index contributed by atoms with van der Waals surface area (Å²) in [5, 5.41) is 26.9. The molecule has 45 heavy (non-hydrogen) atoms. The zero-order valence-corrected chi connectivity index (χ0v) is 24.7. The smallest absolute Gasteiger partial charge is 0.248 e. The number of carbonyl (C=O) groups excluding carboxylic acids is 1. The topological polar surface area (TPSA) is 127 Å². The minimum atomic E-state index is -2.74. The normalized spacial score (nSPS) is 20.5. The van der Waals surface area contributed by atoms with Crippen LogP contribution in [0.3, 0.4) is 0 Å². The summed E-state index contributed by atoms with van der Waals surface area (Å²) in [7, 11) is 0. The van der Waals surface area contributed by atoms with E-state index in [4.69, 9.17) is 4.84 Å². The monoisotopic (exact) mass is 621 g/mol. The van der Waals surface area contributed by atoms with Crippen LogP contribution < -0.4 is 15.1 Å². The molecule has 1 saturated carbocycles. The van der Waals surface area contributed by atoms with Crippen LogP contribution in [0.2, 0.25) is 0 Å². The van der Waals surface area contributed by atoms with E-state index < -0.39 is 42.0 Å². The van der Waals surface area contributed by atoms with Gasteiger partial charge in [0.15, 0.2) is 6.73 Å². The van der Waals surface area contributed by atoms with Crippen LogP contribution in [0.4, 0.5) is 24.8 Å². The third kappa shape index (κ3) is 7.69. The van der Waals surface area contributed by atoms with Crippen LogP contribution in [0.1, 0.15) is 61.4 Å². The number of hydrogen-bond acceptors (Lipinski definition) is 9. The summed E-state index contributed by atoms with van der Waals surface area (Å²) < 4.78 is 42.1. The van der Waals surface area contributed by atoms with Crippen molar-refractivity contribution in [2.24, 2.45) is 5.16 Å². The van der Waals surface area contributed by atoms with E-state index >= 15 is 0 Å². The van der Waals surface area contributed by atoms with Crippen molar-refractivity contribution in [3.63, 3.8) is 0 Å². The second kappa shape index (κ2) is 13.9. The molecular weight excluding hydrogens is 587 g/mol. The number of aryl methyl sites for hydroxylation is 1. The maximum absolute atomic E-state index is 14.5. The molecule has 5 rings (SSSR count). The van der Waals surface area contributed by atoms with Crippen molar-refractivity contribution in [1.29, 1.82) is 5.26 Å². The molecule has 10 nitrogen and oxygen atoms in total. The first-order valence-electron chi connectivity index (χ1n) is 14.8. The summed E-state index contributed by atoms with van der Waals surface area (Å²) >= 11 is 0. The molecule has 3 atom stereocenters. The molecule has 0 radical (unpaired) electrons. The van der Waals surface area contributed by atoms with Gasteiger partial charge in [-0.1, -0.05) is 35.5 Å². The summed E-state index contributed by atoms with van der Waals surface area (Å²) in [6, 6.07) is 14.5. The van der Waals surface area contributed by atoms with Crippen molar-refractivity contribution < 1.29 is 27.9 Å². The number of halogens is 3. The van der Waals surface area contributed by atoms with E-state index in [9.17, 15) is 28.3 Å². The van der Waals surface area contributed by atoms with E-state index in [0.717, 1.165) is 5.56 Å². The molecule has 1 aromatic heterocycles. The minimum Gasteiger partial charge on any atom is -0.374 e. The molecule has 236 valence electrons. The Labute approximate surface area is 259 Å². The van der Waals surface area contributed by atoms with E-state index in [1.54, 1.807) is 23.1 Å². The number of oxime groups is 1. The number of anilines is 2. The lowest BCUT2D eigenvalue weighted by molar-refractivity contribution is -0.124. The van der Waals surface area contributed by atoms with E-state index in [1.807, 2.05) is 25.1 Å². The van der Waals surface area contributed by atoms with Gasteiger partial charge in [-0.05, 0) is 68.0 Å². The molecule has 1 amide bonds. The van der Waals surface area contributed by atoms with Gasteiger partial charge in [0.05, 0.1) is 12.3 Å². The Balaban J connectivity index is 1.40.